The number of rotatable bonds is 5. The van der Waals surface area contributed by atoms with Crippen LogP contribution in [-0.4, -0.2) is 30.4 Å². The Labute approximate surface area is 149 Å². The van der Waals surface area contributed by atoms with E-state index in [-0.39, 0.29) is 17.2 Å². The number of anilines is 2. The summed E-state index contributed by atoms with van der Waals surface area (Å²) in [6, 6.07) is 10.6. The van der Waals surface area contributed by atoms with Gasteiger partial charge >= 0.3 is 0 Å². The normalized spacial score (nSPS) is 13.6. The maximum absolute atomic E-state index is 12.4. The number of carbonyl (C=O) groups is 2. The molecule has 0 unspecified atom stereocenters. The molecule has 1 aliphatic rings. The molecule has 1 heterocycles. The van der Waals surface area contributed by atoms with Crippen molar-refractivity contribution in [3.8, 4) is 5.75 Å². The quantitative estimate of drug-likeness (QED) is 0.656. The minimum Gasteiger partial charge on any atom is -0.494 e. The number of amides is 2. The van der Waals surface area contributed by atoms with Gasteiger partial charge in [-0.15, -0.1) is 0 Å². The average molecular weight is 355 g/mol. The molecule has 2 aromatic carbocycles. The van der Waals surface area contributed by atoms with Crippen LogP contribution in [0.15, 0.2) is 42.5 Å². The Morgan fingerprint density at radius 3 is 2.69 bits per heavy atom. The first-order valence-electron chi connectivity index (χ1n) is 8.04. The van der Waals surface area contributed by atoms with Gasteiger partial charge in [0.2, 0.25) is 5.91 Å². The third kappa shape index (κ3) is 3.34. The lowest BCUT2D eigenvalue weighted by atomic mass is 10.1. The SMILES string of the molecule is COc1cc(NC(=O)c2ccccc2[N+](=O)[O-])ccc1N1CCCC1=O. The minimum absolute atomic E-state index is 0.0278. The number of carbonyl (C=O) groups excluding carboxylic acids is 2. The van der Waals surface area contributed by atoms with E-state index in [2.05, 4.69) is 5.32 Å². The maximum Gasteiger partial charge on any atom is 0.282 e. The van der Waals surface area contributed by atoms with E-state index in [0.717, 1.165) is 6.42 Å². The van der Waals surface area contributed by atoms with Gasteiger partial charge in [-0.05, 0) is 24.6 Å². The van der Waals surface area contributed by atoms with Crippen LogP contribution in [0.3, 0.4) is 0 Å². The number of hydrogen-bond donors (Lipinski definition) is 1. The van der Waals surface area contributed by atoms with Gasteiger partial charge in [0.1, 0.15) is 11.3 Å². The van der Waals surface area contributed by atoms with E-state index in [0.29, 0.717) is 30.1 Å². The molecule has 1 fully saturated rings. The molecule has 3 rings (SSSR count). The Morgan fingerprint density at radius 1 is 1.27 bits per heavy atom. The first kappa shape index (κ1) is 17.4. The molecule has 8 nitrogen and oxygen atoms in total. The summed E-state index contributed by atoms with van der Waals surface area (Å²) in [6.45, 7) is 0.622. The molecule has 8 heteroatoms. The number of nitrogens with one attached hydrogen (secondary N) is 1. The highest BCUT2D eigenvalue weighted by Crippen LogP contribution is 2.34. The molecule has 0 radical (unpaired) electrons. The number of nitro benzene ring substituents is 1. The van der Waals surface area contributed by atoms with Crippen LogP contribution in [0.25, 0.3) is 0 Å². The van der Waals surface area contributed by atoms with Crippen molar-refractivity contribution >= 4 is 28.9 Å². The molecule has 0 aliphatic carbocycles. The van der Waals surface area contributed by atoms with Crippen molar-refractivity contribution in [2.75, 3.05) is 23.9 Å². The molecular weight excluding hydrogens is 338 g/mol. The molecule has 26 heavy (non-hydrogen) atoms. The summed E-state index contributed by atoms with van der Waals surface area (Å²) in [4.78, 5) is 36.5. The van der Waals surface area contributed by atoms with Crippen molar-refractivity contribution in [1.29, 1.82) is 0 Å². The monoisotopic (exact) mass is 355 g/mol. The van der Waals surface area contributed by atoms with Crippen LogP contribution in [-0.2, 0) is 4.79 Å². The van der Waals surface area contributed by atoms with Crippen LogP contribution in [0.4, 0.5) is 17.1 Å². The lowest BCUT2D eigenvalue weighted by Crippen LogP contribution is -2.24. The van der Waals surface area contributed by atoms with Crippen molar-refractivity contribution in [2.45, 2.75) is 12.8 Å². The Hall–Kier alpha value is -3.42. The second-order valence-corrected chi connectivity index (χ2v) is 5.76. The van der Waals surface area contributed by atoms with E-state index in [1.165, 1.54) is 25.3 Å². The fourth-order valence-corrected chi connectivity index (χ4v) is 2.90. The second kappa shape index (κ2) is 7.22. The topological polar surface area (TPSA) is 102 Å². The smallest absolute Gasteiger partial charge is 0.282 e. The number of nitro groups is 1. The van der Waals surface area contributed by atoms with E-state index >= 15 is 0 Å². The summed E-state index contributed by atoms with van der Waals surface area (Å²) in [6.07, 6.45) is 1.29. The minimum atomic E-state index is -0.600. The second-order valence-electron chi connectivity index (χ2n) is 5.76. The molecule has 0 atom stereocenters. The number of hydrogen-bond acceptors (Lipinski definition) is 5. The third-order valence-corrected chi connectivity index (χ3v) is 4.15. The highest BCUT2D eigenvalue weighted by Gasteiger charge is 2.25. The van der Waals surface area contributed by atoms with Gasteiger partial charge in [0.15, 0.2) is 0 Å². The van der Waals surface area contributed by atoms with Crippen molar-refractivity contribution in [2.24, 2.45) is 0 Å². The fourth-order valence-electron chi connectivity index (χ4n) is 2.90. The maximum atomic E-state index is 12.4. The third-order valence-electron chi connectivity index (χ3n) is 4.15. The van der Waals surface area contributed by atoms with Gasteiger partial charge in [0, 0.05) is 30.8 Å². The molecular formula is C18H17N3O5. The summed E-state index contributed by atoms with van der Waals surface area (Å²) in [5.74, 6) is -0.120. The Balaban J connectivity index is 1.86. The lowest BCUT2D eigenvalue weighted by molar-refractivity contribution is -0.385. The Morgan fingerprint density at radius 2 is 2.04 bits per heavy atom. The van der Waals surface area contributed by atoms with Gasteiger partial charge in [-0.2, -0.15) is 0 Å². The zero-order valence-corrected chi connectivity index (χ0v) is 14.1. The van der Waals surface area contributed by atoms with E-state index in [1.807, 2.05) is 0 Å². The summed E-state index contributed by atoms with van der Waals surface area (Å²) in [5, 5.41) is 13.7. The number of ether oxygens (including phenoxy) is 1. The van der Waals surface area contributed by atoms with Gasteiger partial charge in [-0.1, -0.05) is 12.1 Å². The van der Waals surface area contributed by atoms with Gasteiger partial charge < -0.3 is 15.0 Å². The molecule has 134 valence electrons. The number of benzene rings is 2. The van der Waals surface area contributed by atoms with Crippen LogP contribution >= 0.6 is 0 Å². The van der Waals surface area contributed by atoms with Gasteiger partial charge in [-0.3, -0.25) is 19.7 Å². The summed E-state index contributed by atoms with van der Waals surface area (Å²) in [5.41, 5.74) is 0.755. The zero-order valence-electron chi connectivity index (χ0n) is 14.1. The Bertz CT molecular complexity index is 881. The fraction of sp³-hybridized carbons (Fsp3) is 0.222. The Kier molecular flexibility index (Phi) is 4.83. The van der Waals surface area contributed by atoms with E-state index in [9.17, 15) is 19.7 Å². The van der Waals surface area contributed by atoms with Gasteiger partial charge in [0.05, 0.1) is 17.7 Å². The largest absolute Gasteiger partial charge is 0.494 e. The summed E-state index contributed by atoms with van der Waals surface area (Å²) >= 11 is 0. The predicted molar refractivity (Wildman–Crippen MR) is 95.6 cm³/mol. The molecule has 0 bridgehead atoms. The standard InChI is InChI=1S/C18H17N3O5/c1-26-16-11-12(8-9-15(16)20-10-4-7-17(20)22)19-18(23)13-5-2-3-6-14(13)21(24)25/h2-3,5-6,8-9,11H,4,7,10H2,1H3,(H,19,23). The highest BCUT2D eigenvalue weighted by molar-refractivity contribution is 6.07. The number of nitrogens with zero attached hydrogens (tertiary/aromatic N) is 2. The summed E-state index contributed by atoms with van der Waals surface area (Å²) in [7, 11) is 1.48. The van der Waals surface area contributed by atoms with Crippen molar-refractivity contribution in [1.82, 2.24) is 0 Å². The first-order valence-corrected chi connectivity index (χ1v) is 8.04. The van der Waals surface area contributed by atoms with Crippen molar-refractivity contribution in [3.63, 3.8) is 0 Å². The summed E-state index contributed by atoms with van der Waals surface area (Å²) < 4.78 is 5.34. The van der Waals surface area contributed by atoms with E-state index < -0.39 is 10.8 Å². The van der Waals surface area contributed by atoms with Crippen LogP contribution in [0.2, 0.25) is 0 Å². The van der Waals surface area contributed by atoms with Crippen LogP contribution in [0.1, 0.15) is 23.2 Å². The van der Waals surface area contributed by atoms with Crippen molar-refractivity contribution in [3.05, 3.63) is 58.1 Å². The molecule has 1 aliphatic heterocycles. The number of methoxy groups -OCH3 is 1. The average Bonchev–Trinajstić information content (AvgIpc) is 3.07. The van der Waals surface area contributed by atoms with E-state index in [1.54, 1.807) is 29.2 Å². The zero-order chi connectivity index (χ0) is 18.7. The van der Waals surface area contributed by atoms with Crippen LogP contribution in [0, 0.1) is 10.1 Å². The molecule has 0 spiro atoms. The molecule has 2 aromatic rings. The number of para-hydroxylation sites is 1. The van der Waals surface area contributed by atoms with Crippen molar-refractivity contribution < 1.29 is 19.2 Å². The highest BCUT2D eigenvalue weighted by atomic mass is 16.6. The van der Waals surface area contributed by atoms with Crippen LogP contribution in [0.5, 0.6) is 5.75 Å². The molecule has 1 saturated heterocycles. The van der Waals surface area contributed by atoms with Gasteiger partial charge in [0.25, 0.3) is 11.6 Å². The lowest BCUT2D eigenvalue weighted by Gasteiger charge is -2.19. The molecule has 0 saturated carbocycles. The van der Waals surface area contributed by atoms with Gasteiger partial charge in [-0.25, -0.2) is 0 Å². The first-order chi connectivity index (χ1) is 12.5. The molecule has 0 aromatic heterocycles. The van der Waals surface area contributed by atoms with E-state index in [4.69, 9.17) is 4.74 Å². The van der Waals surface area contributed by atoms with Crippen LogP contribution < -0.4 is 15.0 Å². The molecule has 2 amide bonds. The predicted octanol–water partition coefficient (Wildman–Crippen LogP) is 2.98. The molecule has 1 N–H and O–H groups in total.